The zero-order chi connectivity index (χ0) is 23.2. The number of hydrogen-bond acceptors (Lipinski definition) is 5. The standard InChI is InChI=1S/C26H22N2O5/c1-32-23-14-8-5-11-19(23)15-20(18-9-3-2-4-10-18)26(31)33-17-25(30)28-16-24(29)27-21-12-6-7-13-22(21)28/h2-15H,16-17H2,1H3,(H,27,29). The summed E-state index contributed by atoms with van der Waals surface area (Å²) in [5.74, 6) is -0.856. The molecular formula is C26H22N2O5. The molecule has 0 aromatic heterocycles. The maximum Gasteiger partial charge on any atom is 0.339 e. The van der Waals surface area contributed by atoms with Gasteiger partial charge >= 0.3 is 5.97 Å². The van der Waals surface area contributed by atoms with Gasteiger partial charge in [-0.15, -0.1) is 0 Å². The fourth-order valence-electron chi connectivity index (χ4n) is 3.56. The zero-order valence-electron chi connectivity index (χ0n) is 18.0. The topological polar surface area (TPSA) is 84.9 Å². The first-order valence-electron chi connectivity index (χ1n) is 10.3. The molecule has 3 aromatic rings. The number of ether oxygens (including phenoxy) is 2. The minimum Gasteiger partial charge on any atom is -0.496 e. The number of para-hydroxylation sites is 3. The van der Waals surface area contributed by atoms with E-state index in [0.29, 0.717) is 28.3 Å². The number of hydrogen-bond donors (Lipinski definition) is 1. The lowest BCUT2D eigenvalue weighted by atomic mass is 10.0. The molecule has 0 saturated heterocycles. The van der Waals surface area contributed by atoms with E-state index in [1.807, 2.05) is 36.4 Å². The Morgan fingerprint density at radius 2 is 1.67 bits per heavy atom. The van der Waals surface area contributed by atoms with Crippen LogP contribution in [0, 0.1) is 0 Å². The van der Waals surface area contributed by atoms with Gasteiger partial charge in [0.1, 0.15) is 12.3 Å². The summed E-state index contributed by atoms with van der Waals surface area (Å²) < 4.78 is 10.8. The lowest BCUT2D eigenvalue weighted by Crippen LogP contribution is -2.44. The van der Waals surface area contributed by atoms with Crippen LogP contribution in [0.2, 0.25) is 0 Å². The van der Waals surface area contributed by atoms with Crippen molar-refractivity contribution < 1.29 is 23.9 Å². The summed E-state index contributed by atoms with van der Waals surface area (Å²) >= 11 is 0. The van der Waals surface area contributed by atoms with Crippen LogP contribution in [0.5, 0.6) is 5.75 Å². The molecule has 0 aliphatic carbocycles. The van der Waals surface area contributed by atoms with Crippen LogP contribution in [0.15, 0.2) is 78.9 Å². The summed E-state index contributed by atoms with van der Waals surface area (Å²) in [7, 11) is 1.55. The molecule has 1 N–H and O–H groups in total. The molecule has 33 heavy (non-hydrogen) atoms. The first-order valence-corrected chi connectivity index (χ1v) is 10.3. The van der Waals surface area contributed by atoms with Gasteiger partial charge < -0.3 is 14.8 Å². The van der Waals surface area contributed by atoms with E-state index in [9.17, 15) is 14.4 Å². The van der Waals surface area contributed by atoms with E-state index in [4.69, 9.17) is 9.47 Å². The molecule has 0 saturated carbocycles. The molecule has 4 rings (SSSR count). The first kappa shape index (κ1) is 21.8. The van der Waals surface area contributed by atoms with E-state index in [2.05, 4.69) is 5.32 Å². The summed E-state index contributed by atoms with van der Waals surface area (Å²) in [6.45, 7) is -0.646. The first-order chi connectivity index (χ1) is 16.1. The predicted octanol–water partition coefficient (Wildman–Crippen LogP) is 3.76. The molecule has 7 heteroatoms. The molecule has 1 aliphatic heterocycles. The summed E-state index contributed by atoms with van der Waals surface area (Å²) in [6, 6.07) is 23.3. The van der Waals surface area contributed by atoms with Gasteiger partial charge in [0.15, 0.2) is 6.61 Å². The van der Waals surface area contributed by atoms with Crippen LogP contribution in [0.3, 0.4) is 0 Å². The van der Waals surface area contributed by atoms with E-state index < -0.39 is 18.5 Å². The summed E-state index contributed by atoms with van der Waals surface area (Å²) in [5, 5.41) is 2.73. The van der Waals surface area contributed by atoms with Gasteiger partial charge in [-0.05, 0) is 29.8 Å². The van der Waals surface area contributed by atoms with E-state index in [1.54, 1.807) is 55.7 Å². The SMILES string of the molecule is COc1ccccc1C=C(C(=O)OCC(=O)N1CC(=O)Nc2ccccc21)c1ccccc1. The average molecular weight is 442 g/mol. The molecule has 0 atom stereocenters. The van der Waals surface area contributed by atoms with Crippen LogP contribution in [-0.4, -0.2) is 38.0 Å². The summed E-state index contributed by atoms with van der Waals surface area (Å²) in [4.78, 5) is 39.2. The highest BCUT2D eigenvalue weighted by Gasteiger charge is 2.27. The monoisotopic (exact) mass is 442 g/mol. The molecule has 0 bridgehead atoms. The van der Waals surface area contributed by atoms with E-state index in [1.165, 1.54) is 4.90 Å². The van der Waals surface area contributed by atoms with Crippen molar-refractivity contribution in [3.8, 4) is 5.75 Å². The Kier molecular flexibility index (Phi) is 6.50. The molecule has 2 amide bonds. The Labute approximate surface area is 191 Å². The largest absolute Gasteiger partial charge is 0.496 e. The minimum atomic E-state index is -0.657. The second-order valence-electron chi connectivity index (χ2n) is 7.29. The lowest BCUT2D eigenvalue weighted by molar-refractivity contribution is -0.142. The molecule has 7 nitrogen and oxygen atoms in total. The number of carbonyl (C=O) groups excluding carboxylic acids is 3. The van der Waals surface area contributed by atoms with Crippen LogP contribution in [0.25, 0.3) is 11.6 Å². The van der Waals surface area contributed by atoms with Gasteiger partial charge in [0.2, 0.25) is 5.91 Å². The number of carbonyl (C=O) groups is 3. The Balaban J connectivity index is 1.56. The molecular weight excluding hydrogens is 420 g/mol. The van der Waals surface area contributed by atoms with Crippen LogP contribution >= 0.6 is 0 Å². The van der Waals surface area contributed by atoms with Crippen molar-refractivity contribution in [2.45, 2.75) is 0 Å². The third-order valence-corrected chi connectivity index (χ3v) is 5.14. The number of fused-ring (bicyclic) bond motifs is 1. The Morgan fingerprint density at radius 3 is 2.45 bits per heavy atom. The Bertz CT molecular complexity index is 1220. The second-order valence-corrected chi connectivity index (χ2v) is 7.29. The van der Waals surface area contributed by atoms with E-state index in [0.717, 1.165) is 0 Å². The minimum absolute atomic E-state index is 0.143. The van der Waals surface area contributed by atoms with Crippen molar-refractivity contribution in [3.63, 3.8) is 0 Å². The maximum atomic E-state index is 13.1. The number of nitrogens with one attached hydrogen (secondary N) is 1. The molecule has 3 aromatic carbocycles. The zero-order valence-corrected chi connectivity index (χ0v) is 18.0. The van der Waals surface area contributed by atoms with Gasteiger partial charge in [0.25, 0.3) is 5.91 Å². The summed E-state index contributed by atoms with van der Waals surface area (Å²) in [5.41, 5.74) is 2.72. The van der Waals surface area contributed by atoms with E-state index in [-0.39, 0.29) is 18.0 Å². The quantitative estimate of drug-likeness (QED) is 0.357. The fraction of sp³-hybridized carbons (Fsp3) is 0.115. The number of anilines is 2. The van der Waals surface area contributed by atoms with Gasteiger partial charge in [0.05, 0.1) is 24.1 Å². The number of rotatable bonds is 6. The third-order valence-electron chi connectivity index (χ3n) is 5.14. The predicted molar refractivity (Wildman–Crippen MR) is 126 cm³/mol. The Morgan fingerprint density at radius 1 is 0.970 bits per heavy atom. The van der Waals surface area contributed by atoms with Crippen LogP contribution in [-0.2, 0) is 19.1 Å². The Hall–Kier alpha value is -4.39. The van der Waals surface area contributed by atoms with Gasteiger partial charge in [0, 0.05) is 5.56 Å². The second kappa shape index (κ2) is 9.82. The number of methoxy groups -OCH3 is 1. The van der Waals surface area contributed by atoms with Crippen LogP contribution < -0.4 is 15.0 Å². The maximum absolute atomic E-state index is 13.1. The van der Waals surface area contributed by atoms with Crippen molar-refractivity contribution in [3.05, 3.63) is 90.0 Å². The van der Waals surface area contributed by atoms with Crippen molar-refractivity contribution in [1.29, 1.82) is 0 Å². The van der Waals surface area contributed by atoms with Crippen molar-refractivity contribution in [2.24, 2.45) is 0 Å². The third kappa shape index (κ3) is 4.93. The highest BCUT2D eigenvalue weighted by atomic mass is 16.5. The fourth-order valence-corrected chi connectivity index (χ4v) is 3.56. The van der Waals surface area contributed by atoms with Gasteiger partial charge in [-0.3, -0.25) is 14.5 Å². The molecule has 0 spiro atoms. The average Bonchev–Trinajstić information content (AvgIpc) is 2.85. The normalized spacial score (nSPS) is 13.1. The highest BCUT2D eigenvalue weighted by molar-refractivity contribution is 6.22. The van der Waals surface area contributed by atoms with Gasteiger partial charge in [-0.2, -0.15) is 0 Å². The van der Waals surface area contributed by atoms with Gasteiger partial charge in [-0.1, -0.05) is 60.7 Å². The number of esters is 1. The van der Waals surface area contributed by atoms with Crippen molar-refractivity contribution >= 4 is 40.8 Å². The molecule has 166 valence electrons. The molecule has 0 fully saturated rings. The van der Waals surface area contributed by atoms with Crippen molar-refractivity contribution in [1.82, 2.24) is 0 Å². The van der Waals surface area contributed by atoms with Gasteiger partial charge in [-0.25, -0.2) is 4.79 Å². The smallest absolute Gasteiger partial charge is 0.339 e. The van der Waals surface area contributed by atoms with E-state index >= 15 is 0 Å². The molecule has 1 aliphatic rings. The van der Waals surface area contributed by atoms with Crippen LogP contribution in [0.4, 0.5) is 11.4 Å². The number of benzene rings is 3. The number of amides is 2. The lowest BCUT2D eigenvalue weighted by Gasteiger charge is -2.28. The van der Waals surface area contributed by atoms with Crippen molar-refractivity contribution in [2.75, 3.05) is 30.5 Å². The molecule has 0 unspecified atom stereocenters. The number of nitrogens with zero attached hydrogens (tertiary/aromatic N) is 1. The highest BCUT2D eigenvalue weighted by Crippen LogP contribution is 2.29. The summed E-state index contributed by atoms with van der Waals surface area (Å²) in [6.07, 6.45) is 1.67. The molecule has 1 heterocycles. The molecule has 0 radical (unpaired) electrons. The van der Waals surface area contributed by atoms with Crippen LogP contribution in [0.1, 0.15) is 11.1 Å².